The summed E-state index contributed by atoms with van der Waals surface area (Å²) in [6.07, 6.45) is 1.94. The molecule has 0 N–H and O–H groups in total. The van der Waals surface area contributed by atoms with Gasteiger partial charge in [0.25, 0.3) is 0 Å². The van der Waals surface area contributed by atoms with E-state index in [1.54, 1.807) is 6.33 Å². The minimum absolute atomic E-state index is 0.0449. The van der Waals surface area contributed by atoms with E-state index in [-0.39, 0.29) is 34.6 Å². The van der Waals surface area contributed by atoms with Gasteiger partial charge in [0.15, 0.2) is 16.6 Å². The SMILES string of the molecule is C[C@@H]1C(n2cnc3c(Cl)nc(Cl)nc32)[C@@H]2OC(C)(C)O[C@@H]2[C@@]1(C)C=O. The maximum atomic E-state index is 12.0. The van der Waals surface area contributed by atoms with Crippen molar-refractivity contribution in [2.75, 3.05) is 0 Å². The monoisotopic (exact) mass is 384 g/mol. The van der Waals surface area contributed by atoms with Gasteiger partial charge in [-0.25, -0.2) is 9.97 Å². The fourth-order valence-corrected chi connectivity index (χ4v) is 4.50. The molecule has 0 amide bonds. The molecule has 1 saturated carbocycles. The second-order valence-electron chi connectivity index (χ2n) is 7.39. The molecule has 1 saturated heterocycles. The van der Waals surface area contributed by atoms with Crippen molar-refractivity contribution in [3.05, 3.63) is 16.8 Å². The number of imidazole rings is 1. The zero-order valence-corrected chi connectivity index (χ0v) is 15.7. The summed E-state index contributed by atoms with van der Waals surface area (Å²) in [7, 11) is 0. The van der Waals surface area contributed by atoms with Gasteiger partial charge in [0, 0.05) is 0 Å². The molecule has 0 aromatic carbocycles. The van der Waals surface area contributed by atoms with Crippen LogP contribution < -0.4 is 0 Å². The zero-order valence-electron chi connectivity index (χ0n) is 14.2. The predicted octanol–water partition coefficient (Wildman–Crippen LogP) is 3.05. The molecule has 7 nitrogen and oxygen atoms in total. The largest absolute Gasteiger partial charge is 0.343 e. The summed E-state index contributed by atoms with van der Waals surface area (Å²) in [5.41, 5.74) is 0.289. The summed E-state index contributed by atoms with van der Waals surface area (Å²) in [6, 6.07) is -0.200. The number of rotatable bonds is 2. The summed E-state index contributed by atoms with van der Waals surface area (Å²) in [5, 5.41) is 0.238. The van der Waals surface area contributed by atoms with Gasteiger partial charge in [-0.05, 0) is 38.3 Å². The number of hydrogen-bond donors (Lipinski definition) is 0. The van der Waals surface area contributed by atoms with E-state index in [4.69, 9.17) is 32.7 Å². The van der Waals surface area contributed by atoms with Crippen molar-refractivity contribution in [1.29, 1.82) is 0 Å². The molecule has 2 aliphatic rings. The van der Waals surface area contributed by atoms with Crippen LogP contribution in [0.3, 0.4) is 0 Å². The van der Waals surface area contributed by atoms with E-state index in [2.05, 4.69) is 15.0 Å². The van der Waals surface area contributed by atoms with Crippen molar-refractivity contribution in [2.24, 2.45) is 11.3 Å². The second kappa shape index (κ2) is 5.36. The van der Waals surface area contributed by atoms with Crippen LogP contribution in [0.4, 0.5) is 0 Å². The van der Waals surface area contributed by atoms with Crippen molar-refractivity contribution in [3.63, 3.8) is 0 Å². The van der Waals surface area contributed by atoms with Crippen molar-refractivity contribution >= 4 is 40.7 Å². The Morgan fingerprint density at radius 1 is 1.24 bits per heavy atom. The third-order valence-corrected chi connectivity index (χ3v) is 5.93. The molecule has 25 heavy (non-hydrogen) atoms. The molecule has 5 atom stereocenters. The Bertz CT molecular complexity index is 870. The minimum atomic E-state index is -0.765. The Morgan fingerprint density at radius 2 is 1.96 bits per heavy atom. The highest BCUT2D eigenvalue weighted by atomic mass is 35.5. The van der Waals surface area contributed by atoms with Crippen molar-refractivity contribution < 1.29 is 14.3 Å². The van der Waals surface area contributed by atoms with Gasteiger partial charge in [-0.3, -0.25) is 0 Å². The first-order chi connectivity index (χ1) is 11.7. The summed E-state index contributed by atoms with van der Waals surface area (Å²) >= 11 is 12.1. The van der Waals surface area contributed by atoms with Gasteiger partial charge < -0.3 is 18.8 Å². The maximum Gasteiger partial charge on any atom is 0.225 e. The molecule has 2 aromatic heterocycles. The van der Waals surface area contributed by atoms with E-state index in [9.17, 15) is 4.79 Å². The van der Waals surface area contributed by atoms with Gasteiger partial charge in [-0.1, -0.05) is 18.5 Å². The Kier molecular flexibility index (Phi) is 3.68. The third kappa shape index (κ3) is 2.33. The van der Waals surface area contributed by atoms with Crippen LogP contribution in [0.2, 0.25) is 10.4 Å². The highest BCUT2D eigenvalue weighted by Crippen LogP contribution is 2.56. The van der Waals surface area contributed by atoms with Crippen molar-refractivity contribution in [1.82, 2.24) is 19.5 Å². The number of carbonyl (C=O) groups excluding carboxylic acids is 1. The van der Waals surface area contributed by atoms with Crippen LogP contribution in [0.5, 0.6) is 0 Å². The quantitative estimate of drug-likeness (QED) is 0.449. The topological polar surface area (TPSA) is 79.1 Å². The lowest BCUT2D eigenvalue weighted by molar-refractivity contribution is -0.174. The first kappa shape index (κ1) is 17.1. The molecule has 9 heteroatoms. The van der Waals surface area contributed by atoms with Crippen LogP contribution in [-0.2, 0) is 14.3 Å². The molecule has 4 rings (SSSR count). The number of carbonyl (C=O) groups is 1. The standard InChI is InChI=1S/C16H18Cl2N4O3/c1-7-9(10-11(16(7,4)5-23)25-15(2,3)24-10)22-6-19-8-12(17)20-14(18)21-13(8)22/h5-7,9-11H,1-4H3/t7-,9?,10+,11+,16+/m1/s1. The van der Waals surface area contributed by atoms with Gasteiger partial charge >= 0.3 is 0 Å². The van der Waals surface area contributed by atoms with Crippen molar-refractivity contribution in [2.45, 2.75) is 51.7 Å². The minimum Gasteiger partial charge on any atom is -0.343 e. The Morgan fingerprint density at radius 3 is 2.64 bits per heavy atom. The average Bonchev–Trinajstić information content (AvgIpc) is 3.13. The average molecular weight is 385 g/mol. The van der Waals surface area contributed by atoms with Gasteiger partial charge in [-0.2, -0.15) is 4.98 Å². The maximum absolute atomic E-state index is 12.0. The fourth-order valence-electron chi connectivity index (χ4n) is 4.08. The molecule has 1 aliphatic carbocycles. The molecule has 1 unspecified atom stereocenters. The number of hydrogen-bond acceptors (Lipinski definition) is 6. The highest BCUT2D eigenvalue weighted by molar-refractivity contribution is 6.35. The van der Waals surface area contributed by atoms with E-state index >= 15 is 0 Å². The molecule has 1 aliphatic heterocycles. The summed E-state index contributed by atoms with van der Waals surface area (Å²) in [6.45, 7) is 7.61. The summed E-state index contributed by atoms with van der Waals surface area (Å²) in [4.78, 5) is 24.5. The molecular weight excluding hydrogens is 367 g/mol. The third-order valence-electron chi connectivity index (χ3n) is 5.50. The van der Waals surface area contributed by atoms with E-state index in [0.717, 1.165) is 6.29 Å². The van der Waals surface area contributed by atoms with E-state index in [1.165, 1.54) is 0 Å². The number of aldehydes is 1. The number of fused-ring (bicyclic) bond motifs is 2. The molecule has 0 radical (unpaired) electrons. The van der Waals surface area contributed by atoms with E-state index in [1.807, 2.05) is 32.3 Å². The molecule has 2 aromatic rings. The molecule has 3 heterocycles. The first-order valence-electron chi connectivity index (χ1n) is 8.05. The van der Waals surface area contributed by atoms with Crippen molar-refractivity contribution in [3.8, 4) is 0 Å². The molecule has 2 fully saturated rings. The molecule has 0 bridgehead atoms. The van der Waals surface area contributed by atoms with Gasteiger partial charge in [0.2, 0.25) is 5.28 Å². The fraction of sp³-hybridized carbons (Fsp3) is 0.625. The smallest absolute Gasteiger partial charge is 0.225 e. The van der Waals surface area contributed by atoms with Crippen LogP contribution >= 0.6 is 23.2 Å². The lowest BCUT2D eigenvalue weighted by Crippen LogP contribution is -2.38. The van der Waals surface area contributed by atoms with E-state index in [0.29, 0.717) is 11.2 Å². The van der Waals surface area contributed by atoms with Crippen LogP contribution in [0.15, 0.2) is 6.33 Å². The Labute approximate surface area is 154 Å². The normalized spacial score (nSPS) is 36.7. The second-order valence-corrected chi connectivity index (χ2v) is 8.09. The van der Waals surface area contributed by atoms with Crippen LogP contribution in [0, 0.1) is 11.3 Å². The van der Waals surface area contributed by atoms with Gasteiger partial charge in [0.05, 0.1) is 17.8 Å². The van der Waals surface area contributed by atoms with Gasteiger partial charge in [-0.15, -0.1) is 0 Å². The summed E-state index contributed by atoms with van der Waals surface area (Å²) in [5.74, 6) is -0.834. The van der Waals surface area contributed by atoms with Crippen LogP contribution in [-0.4, -0.2) is 43.8 Å². The number of halogens is 2. The van der Waals surface area contributed by atoms with Gasteiger partial charge in [0.1, 0.15) is 24.0 Å². The zero-order chi connectivity index (χ0) is 18.1. The molecular formula is C16H18Cl2N4O3. The molecule has 0 spiro atoms. The highest BCUT2D eigenvalue weighted by Gasteiger charge is 2.64. The number of nitrogens with zero attached hydrogens (tertiary/aromatic N) is 4. The lowest BCUT2D eigenvalue weighted by atomic mass is 9.79. The molecule has 134 valence electrons. The Hall–Kier alpha value is -1.28. The lowest BCUT2D eigenvalue weighted by Gasteiger charge is -2.32. The van der Waals surface area contributed by atoms with E-state index < -0.39 is 11.2 Å². The first-order valence-corrected chi connectivity index (χ1v) is 8.81. The van der Waals surface area contributed by atoms with Crippen LogP contribution in [0.1, 0.15) is 33.7 Å². The van der Waals surface area contributed by atoms with Crippen LogP contribution in [0.25, 0.3) is 11.2 Å². The number of aromatic nitrogens is 4. The number of ether oxygens (including phenoxy) is 2. The summed E-state index contributed by atoms with van der Waals surface area (Å²) < 4.78 is 14.1. The predicted molar refractivity (Wildman–Crippen MR) is 91.5 cm³/mol. The Balaban J connectivity index is 1.89.